The van der Waals surface area contributed by atoms with Crippen LogP contribution in [0.1, 0.15) is 19.8 Å². The molecule has 0 aromatic carbocycles. The summed E-state index contributed by atoms with van der Waals surface area (Å²) in [5.41, 5.74) is 0. The molecule has 130 valence electrons. The lowest BCUT2D eigenvalue weighted by atomic mass is 10.4. The normalized spacial score (nSPS) is 11.9. The molecule has 0 bridgehead atoms. The summed E-state index contributed by atoms with van der Waals surface area (Å²) in [6.45, 7) is 1.06. The van der Waals surface area contributed by atoms with E-state index in [2.05, 4.69) is 14.2 Å². The van der Waals surface area contributed by atoms with Crippen molar-refractivity contribution < 1.29 is 35.9 Å². The average Bonchev–Trinajstić information content (AvgIpc) is 2.34. The monoisotopic (exact) mass is 471 g/mol. The largest absolute Gasteiger partial charge is 0.463 e. The van der Waals surface area contributed by atoms with Gasteiger partial charge in [-0.3, -0.25) is 4.79 Å². The van der Waals surface area contributed by atoms with Gasteiger partial charge in [-0.1, -0.05) is 0 Å². The first-order valence-electron chi connectivity index (χ1n) is 6.26. The van der Waals surface area contributed by atoms with Crippen LogP contribution < -0.4 is 4.72 Å². The van der Waals surface area contributed by atoms with Gasteiger partial charge in [-0.15, -0.1) is 0 Å². The van der Waals surface area contributed by atoms with E-state index in [1.165, 1.54) is 21.2 Å². The molecule has 0 aliphatic heterocycles. The van der Waals surface area contributed by atoms with E-state index >= 15 is 0 Å². The molecule has 0 aliphatic rings. The van der Waals surface area contributed by atoms with Crippen LogP contribution in [0, 0.1) is 0 Å². The lowest BCUT2D eigenvalue weighted by Gasteiger charge is -2.06. The fraction of sp³-hybridized carbons (Fsp3) is 0.800. The van der Waals surface area contributed by atoms with Crippen LogP contribution in [0.5, 0.6) is 0 Å². The molecule has 9 nitrogen and oxygen atoms in total. The number of hydrogen-bond acceptors (Lipinski definition) is 8. The second-order valence-electron chi connectivity index (χ2n) is 4.03. The van der Waals surface area contributed by atoms with Crippen LogP contribution in [0.4, 0.5) is 0 Å². The van der Waals surface area contributed by atoms with E-state index in [1.54, 1.807) is 6.92 Å². The fourth-order valence-electron chi connectivity index (χ4n) is 1.22. The molecule has 0 radical (unpaired) electrons. The molecule has 0 unspecified atom stereocenters. The molecule has 0 fully saturated rings. The Kier molecular flexibility index (Phi) is 10.1. The highest BCUT2D eigenvalue weighted by atomic mass is 127. The van der Waals surface area contributed by atoms with E-state index < -0.39 is 35.6 Å². The first-order chi connectivity index (χ1) is 10.1. The van der Waals surface area contributed by atoms with Crippen molar-refractivity contribution in [2.24, 2.45) is 0 Å². The predicted molar refractivity (Wildman–Crippen MR) is 86.4 cm³/mol. The zero-order valence-electron chi connectivity index (χ0n) is 11.9. The summed E-state index contributed by atoms with van der Waals surface area (Å²) in [5, 5.41) is 0. The number of halogens is 1. The third-order valence-corrected chi connectivity index (χ3v) is 5.68. The van der Waals surface area contributed by atoms with Crippen LogP contribution in [0.2, 0.25) is 0 Å². The number of ether oxygens (including phenoxy) is 2. The molecule has 0 rings (SSSR count). The van der Waals surface area contributed by atoms with Gasteiger partial charge in [-0.25, -0.2) is 26.4 Å². The van der Waals surface area contributed by atoms with Crippen LogP contribution in [0.15, 0.2) is 0 Å². The van der Waals surface area contributed by atoms with Crippen LogP contribution in [-0.2, 0) is 36.1 Å². The number of esters is 2. The number of sulfonamides is 1. The maximum Gasteiger partial charge on any atom is 0.344 e. The Labute approximate surface area is 141 Å². The quantitative estimate of drug-likeness (QED) is 0.244. The SMILES string of the molecule is CCOC(=O)COC(=O)CCNS(=O)(=O)CCCS(=O)(=O)I. The van der Waals surface area contributed by atoms with Gasteiger partial charge in [0.1, 0.15) is 0 Å². The molecular formula is C10H18INO8S2. The molecular weight excluding hydrogens is 453 g/mol. The number of carbonyl (C=O) groups is 2. The third kappa shape index (κ3) is 13.2. The van der Waals surface area contributed by atoms with Crippen molar-refractivity contribution in [3.05, 3.63) is 0 Å². The minimum Gasteiger partial charge on any atom is -0.463 e. The molecule has 0 saturated heterocycles. The van der Waals surface area contributed by atoms with Gasteiger partial charge in [0.25, 0.3) is 0 Å². The van der Waals surface area contributed by atoms with E-state index in [1.807, 2.05) is 0 Å². The highest BCUT2D eigenvalue weighted by molar-refractivity contribution is 14.2. The van der Waals surface area contributed by atoms with E-state index in [0.29, 0.717) is 0 Å². The van der Waals surface area contributed by atoms with Crippen LogP contribution in [0.3, 0.4) is 0 Å². The van der Waals surface area contributed by atoms with Crippen molar-refractivity contribution in [3.63, 3.8) is 0 Å². The Morgan fingerprint density at radius 3 is 2.23 bits per heavy atom. The molecule has 0 spiro atoms. The molecule has 22 heavy (non-hydrogen) atoms. The van der Waals surface area contributed by atoms with E-state index in [-0.39, 0.29) is 37.5 Å². The summed E-state index contributed by atoms with van der Waals surface area (Å²) in [6.07, 6.45) is -0.281. The van der Waals surface area contributed by atoms with Crippen molar-refractivity contribution in [1.29, 1.82) is 0 Å². The number of rotatable bonds is 11. The van der Waals surface area contributed by atoms with Crippen molar-refractivity contribution in [1.82, 2.24) is 4.72 Å². The Hall–Kier alpha value is -0.470. The summed E-state index contributed by atoms with van der Waals surface area (Å²) in [4.78, 5) is 22.2. The average molecular weight is 471 g/mol. The Morgan fingerprint density at radius 2 is 1.68 bits per heavy atom. The molecule has 1 N–H and O–H groups in total. The van der Waals surface area contributed by atoms with Gasteiger partial charge < -0.3 is 9.47 Å². The van der Waals surface area contributed by atoms with Gasteiger partial charge in [0.15, 0.2) is 6.61 Å². The summed E-state index contributed by atoms with van der Waals surface area (Å²) in [5.74, 6) is -2.02. The van der Waals surface area contributed by atoms with Crippen molar-refractivity contribution in [3.8, 4) is 0 Å². The summed E-state index contributed by atoms with van der Waals surface area (Å²) in [6, 6.07) is 0. The summed E-state index contributed by atoms with van der Waals surface area (Å²) < 4.78 is 56.0. The minimum atomic E-state index is -3.66. The van der Waals surface area contributed by atoms with Crippen molar-refractivity contribution >= 4 is 50.2 Å². The number of hydrogen-bond donors (Lipinski definition) is 1. The first-order valence-corrected chi connectivity index (χ1v) is 12.1. The lowest BCUT2D eigenvalue weighted by molar-refractivity contribution is -0.158. The predicted octanol–water partition coefficient (Wildman–Crippen LogP) is -0.443. The molecule has 0 aromatic heterocycles. The standard InChI is InChI=1S/C10H18INO8S2/c1-2-19-10(14)8-20-9(13)4-5-12-22(17,18)7-3-6-21(11,15)16/h12H,2-8H2,1H3. The fourth-order valence-corrected chi connectivity index (χ4v) is 3.90. The maximum atomic E-state index is 11.5. The van der Waals surface area contributed by atoms with Crippen LogP contribution >= 0.6 is 21.2 Å². The first kappa shape index (κ1) is 21.5. The highest BCUT2D eigenvalue weighted by Crippen LogP contribution is 2.04. The molecule has 0 aromatic rings. The smallest absolute Gasteiger partial charge is 0.344 e. The molecule has 0 aliphatic carbocycles. The van der Waals surface area contributed by atoms with Gasteiger partial charge in [0.2, 0.25) is 17.0 Å². The van der Waals surface area contributed by atoms with Gasteiger partial charge in [0, 0.05) is 6.54 Å². The summed E-state index contributed by atoms with van der Waals surface area (Å²) in [7, 11) is -6.90. The van der Waals surface area contributed by atoms with E-state index in [9.17, 15) is 26.4 Å². The molecule has 0 heterocycles. The Morgan fingerprint density at radius 1 is 1.05 bits per heavy atom. The third-order valence-electron chi connectivity index (χ3n) is 2.11. The zero-order chi connectivity index (χ0) is 17.2. The second-order valence-corrected chi connectivity index (χ2v) is 11.5. The van der Waals surface area contributed by atoms with Crippen LogP contribution in [-0.4, -0.2) is 60.0 Å². The summed E-state index contributed by atoms with van der Waals surface area (Å²) >= 11 is 1.24. The van der Waals surface area contributed by atoms with Crippen molar-refractivity contribution in [2.75, 3.05) is 31.3 Å². The van der Waals surface area contributed by atoms with Gasteiger partial charge >= 0.3 is 11.9 Å². The Bertz CT molecular complexity index is 572. The van der Waals surface area contributed by atoms with Crippen LogP contribution in [0.25, 0.3) is 0 Å². The highest BCUT2D eigenvalue weighted by Gasteiger charge is 2.14. The maximum absolute atomic E-state index is 11.5. The van der Waals surface area contributed by atoms with E-state index in [4.69, 9.17) is 0 Å². The van der Waals surface area contributed by atoms with Gasteiger partial charge in [-0.2, -0.15) is 0 Å². The van der Waals surface area contributed by atoms with Crippen molar-refractivity contribution in [2.45, 2.75) is 19.8 Å². The molecule has 0 atom stereocenters. The number of carbonyl (C=O) groups excluding carboxylic acids is 2. The topological polar surface area (TPSA) is 133 Å². The zero-order valence-corrected chi connectivity index (χ0v) is 15.7. The second kappa shape index (κ2) is 10.3. The van der Waals surface area contributed by atoms with Gasteiger partial charge in [0.05, 0.1) is 45.7 Å². The van der Waals surface area contributed by atoms with Gasteiger partial charge in [-0.05, 0) is 13.3 Å². The molecule has 0 saturated carbocycles. The lowest BCUT2D eigenvalue weighted by Crippen LogP contribution is -2.30. The number of nitrogens with one attached hydrogen (secondary N) is 1. The Balaban J connectivity index is 3.92. The molecule has 0 amide bonds. The molecule has 12 heteroatoms. The van der Waals surface area contributed by atoms with E-state index in [0.717, 1.165) is 0 Å². The minimum absolute atomic E-state index is 0.0338.